The summed E-state index contributed by atoms with van der Waals surface area (Å²) in [7, 11) is -5.07. The molecule has 1 aromatic carbocycles. The molecular weight excluding hydrogens is 317 g/mol. The van der Waals surface area contributed by atoms with Crippen molar-refractivity contribution in [3.8, 4) is 11.8 Å². The molecule has 0 aliphatic heterocycles. The van der Waals surface area contributed by atoms with Crippen molar-refractivity contribution in [3.05, 3.63) is 29.6 Å². The monoisotopic (exact) mass is 333 g/mol. The molecule has 2 N–H and O–H groups in total. The number of sulfonamides is 1. The van der Waals surface area contributed by atoms with E-state index < -0.39 is 39.3 Å². The molecule has 0 radical (unpaired) electrons. The molecule has 21 heavy (non-hydrogen) atoms. The lowest BCUT2D eigenvalue weighted by molar-refractivity contribution is 0.350. The minimum atomic E-state index is -3.92. The molecule has 0 aliphatic rings. The van der Waals surface area contributed by atoms with Gasteiger partial charge in [-0.3, -0.25) is 4.21 Å². The highest BCUT2D eigenvalue weighted by molar-refractivity contribution is 7.89. The maximum absolute atomic E-state index is 13.2. The van der Waals surface area contributed by atoms with Crippen LogP contribution in [0.15, 0.2) is 23.1 Å². The lowest BCUT2D eigenvalue weighted by atomic mass is 10.2. The summed E-state index contributed by atoms with van der Waals surface area (Å²) in [6, 6.07) is 2.57. The Hall–Kier alpha value is -1.27. The Labute approximate surface area is 126 Å². The van der Waals surface area contributed by atoms with Crippen molar-refractivity contribution >= 4 is 20.8 Å². The van der Waals surface area contributed by atoms with E-state index in [1.807, 2.05) is 0 Å². The molecule has 2 unspecified atom stereocenters. The van der Waals surface area contributed by atoms with Crippen molar-refractivity contribution in [1.82, 2.24) is 4.72 Å². The summed E-state index contributed by atoms with van der Waals surface area (Å²) < 4.78 is 51.2. The predicted octanol–water partition coefficient (Wildman–Crippen LogP) is 0.215. The van der Waals surface area contributed by atoms with Crippen LogP contribution in [-0.2, 0) is 20.8 Å². The van der Waals surface area contributed by atoms with E-state index in [-0.39, 0.29) is 16.2 Å². The largest absolute Gasteiger partial charge is 0.384 e. The van der Waals surface area contributed by atoms with E-state index >= 15 is 0 Å². The quantitative estimate of drug-likeness (QED) is 0.755. The third-order valence-corrected chi connectivity index (χ3v) is 4.99. The highest BCUT2D eigenvalue weighted by atomic mass is 32.2. The van der Waals surface area contributed by atoms with E-state index in [2.05, 4.69) is 16.6 Å². The highest BCUT2D eigenvalue weighted by Gasteiger charge is 2.21. The summed E-state index contributed by atoms with van der Waals surface area (Å²) in [5.74, 6) is 4.23. The minimum Gasteiger partial charge on any atom is -0.384 e. The Morgan fingerprint density at radius 2 is 2.14 bits per heavy atom. The second kappa shape index (κ2) is 7.66. The topological polar surface area (TPSA) is 83.5 Å². The summed E-state index contributed by atoms with van der Waals surface area (Å²) in [6.45, 7) is 1.12. The van der Waals surface area contributed by atoms with Crippen molar-refractivity contribution in [2.24, 2.45) is 0 Å². The van der Waals surface area contributed by atoms with Gasteiger partial charge in [-0.25, -0.2) is 17.5 Å². The number of halogens is 1. The Kier molecular flexibility index (Phi) is 6.48. The fourth-order valence-electron chi connectivity index (χ4n) is 1.68. The molecule has 0 heterocycles. The summed E-state index contributed by atoms with van der Waals surface area (Å²) in [4.78, 5) is -0.182. The fourth-order valence-corrected chi connectivity index (χ4v) is 3.96. The van der Waals surface area contributed by atoms with Crippen LogP contribution < -0.4 is 4.72 Å². The van der Waals surface area contributed by atoms with Crippen LogP contribution in [0.1, 0.15) is 12.5 Å². The van der Waals surface area contributed by atoms with Crippen molar-refractivity contribution in [2.75, 3.05) is 18.6 Å². The average Bonchev–Trinajstić information content (AvgIpc) is 2.34. The Balaban J connectivity index is 3.16. The molecular formula is C13H16FNO4S2. The molecule has 1 rings (SSSR count). The molecule has 0 amide bonds. The predicted molar refractivity (Wildman–Crippen MR) is 79.1 cm³/mol. The second-order valence-electron chi connectivity index (χ2n) is 4.36. The Morgan fingerprint density at radius 3 is 2.71 bits per heavy atom. The first kappa shape index (κ1) is 17.8. The zero-order valence-corrected chi connectivity index (χ0v) is 13.2. The molecule has 0 bridgehead atoms. The van der Waals surface area contributed by atoms with Gasteiger partial charge in [-0.2, -0.15) is 0 Å². The van der Waals surface area contributed by atoms with Gasteiger partial charge >= 0.3 is 0 Å². The van der Waals surface area contributed by atoms with Crippen LogP contribution in [0, 0.1) is 17.7 Å². The first-order valence-electron chi connectivity index (χ1n) is 5.98. The maximum atomic E-state index is 13.2. The third kappa shape index (κ3) is 5.55. The number of nitrogens with one attached hydrogen (secondary N) is 1. The molecule has 0 aliphatic carbocycles. The van der Waals surface area contributed by atoms with Gasteiger partial charge in [0, 0.05) is 34.4 Å². The summed E-state index contributed by atoms with van der Waals surface area (Å²) in [6.07, 6.45) is 1.47. The molecule has 0 fully saturated rings. The van der Waals surface area contributed by atoms with Gasteiger partial charge in [0.2, 0.25) is 10.0 Å². The average molecular weight is 333 g/mol. The molecule has 5 nitrogen and oxygen atoms in total. The summed E-state index contributed by atoms with van der Waals surface area (Å²) >= 11 is 0. The number of rotatable bonds is 5. The second-order valence-corrected chi connectivity index (χ2v) is 7.52. The highest BCUT2D eigenvalue weighted by Crippen LogP contribution is 2.16. The SMILES string of the molecule is CC(CS(C)=O)NS(=O)(=O)c1ccc(F)cc1C#CCO. The van der Waals surface area contributed by atoms with Gasteiger partial charge < -0.3 is 5.11 Å². The standard InChI is InChI=1S/C13H16FNO4S2/c1-10(9-20(2)17)15-21(18,19)13-6-5-12(14)8-11(13)4-3-7-16/h5-6,8,10,15-16H,7,9H2,1-2H3. The Bertz CT molecular complexity index is 692. The van der Waals surface area contributed by atoms with Crippen LogP contribution in [0.4, 0.5) is 4.39 Å². The zero-order chi connectivity index (χ0) is 16.0. The van der Waals surface area contributed by atoms with Gasteiger partial charge in [-0.05, 0) is 25.1 Å². The van der Waals surface area contributed by atoms with Crippen LogP contribution in [0.2, 0.25) is 0 Å². The van der Waals surface area contributed by atoms with Crippen molar-refractivity contribution in [1.29, 1.82) is 0 Å². The van der Waals surface area contributed by atoms with Crippen LogP contribution >= 0.6 is 0 Å². The van der Waals surface area contributed by atoms with Crippen LogP contribution in [-0.4, -0.2) is 42.4 Å². The number of hydrogen-bond acceptors (Lipinski definition) is 4. The van der Waals surface area contributed by atoms with E-state index in [1.165, 1.54) is 6.26 Å². The molecule has 1 aromatic rings. The van der Waals surface area contributed by atoms with Gasteiger partial charge in [0.05, 0.1) is 4.90 Å². The van der Waals surface area contributed by atoms with E-state index in [9.17, 15) is 17.0 Å². The van der Waals surface area contributed by atoms with Gasteiger partial charge in [0.15, 0.2) is 0 Å². The van der Waals surface area contributed by atoms with Gasteiger partial charge in [0.25, 0.3) is 0 Å². The number of aliphatic hydroxyl groups excluding tert-OH is 1. The summed E-state index contributed by atoms with van der Waals surface area (Å²) in [5.41, 5.74) is -0.0404. The van der Waals surface area contributed by atoms with E-state index in [1.54, 1.807) is 6.92 Å². The normalized spacial score (nSPS) is 14.1. The van der Waals surface area contributed by atoms with Crippen molar-refractivity contribution < 1.29 is 22.1 Å². The van der Waals surface area contributed by atoms with Gasteiger partial charge in [0.1, 0.15) is 12.4 Å². The molecule has 0 saturated carbocycles. The van der Waals surface area contributed by atoms with Crippen molar-refractivity contribution in [2.45, 2.75) is 17.9 Å². The lowest BCUT2D eigenvalue weighted by Crippen LogP contribution is -2.36. The first-order valence-corrected chi connectivity index (χ1v) is 9.19. The molecule has 8 heteroatoms. The number of aliphatic hydroxyl groups is 1. The van der Waals surface area contributed by atoms with E-state index in [4.69, 9.17) is 5.11 Å². The van der Waals surface area contributed by atoms with E-state index in [0.717, 1.165) is 18.2 Å². The zero-order valence-electron chi connectivity index (χ0n) is 11.6. The van der Waals surface area contributed by atoms with Gasteiger partial charge in [-0.1, -0.05) is 11.8 Å². The smallest absolute Gasteiger partial charge is 0.242 e. The molecule has 116 valence electrons. The number of hydrogen-bond donors (Lipinski definition) is 2. The first-order chi connectivity index (χ1) is 9.76. The third-order valence-electron chi connectivity index (χ3n) is 2.37. The van der Waals surface area contributed by atoms with Crippen LogP contribution in [0.5, 0.6) is 0 Å². The minimum absolute atomic E-state index is 0.0404. The molecule has 0 saturated heterocycles. The lowest BCUT2D eigenvalue weighted by Gasteiger charge is -2.14. The van der Waals surface area contributed by atoms with Crippen LogP contribution in [0.25, 0.3) is 0 Å². The Morgan fingerprint density at radius 1 is 1.48 bits per heavy atom. The molecule has 0 aromatic heterocycles. The molecule has 2 atom stereocenters. The van der Waals surface area contributed by atoms with Crippen molar-refractivity contribution in [3.63, 3.8) is 0 Å². The fraction of sp³-hybridized carbons (Fsp3) is 0.385. The summed E-state index contributed by atoms with van der Waals surface area (Å²) in [5, 5.41) is 8.67. The van der Waals surface area contributed by atoms with Gasteiger partial charge in [-0.15, -0.1) is 0 Å². The molecule has 0 spiro atoms. The van der Waals surface area contributed by atoms with E-state index in [0.29, 0.717) is 0 Å². The van der Waals surface area contributed by atoms with Crippen LogP contribution in [0.3, 0.4) is 0 Å². The number of benzene rings is 1. The maximum Gasteiger partial charge on any atom is 0.242 e.